The number of thiazole rings is 1. The van der Waals surface area contributed by atoms with Crippen molar-refractivity contribution in [1.82, 2.24) is 15.3 Å². The van der Waals surface area contributed by atoms with E-state index in [0.717, 1.165) is 28.4 Å². The first-order valence-corrected chi connectivity index (χ1v) is 7.55. The van der Waals surface area contributed by atoms with Crippen molar-refractivity contribution in [3.05, 3.63) is 34.6 Å². The van der Waals surface area contributed by atoms with Crippen LogP contribution in [0.25, 0.3) is 10.6 Å². The first kappa shape index (κ1) is 15.1. The molecule has 108 valence electrons. The normalized spacial score (nSPS) is 11.2. The van der Waals surface area contributed by atoms with Gasteiger partial charge in [-0.1, -0.05) is 13.8 Å². The predicted molar refractivity (Wildman–Crippen MR) is 82.8 cm³/mol. The van der Waals surface area contributed by atoms with Crippen LogP contribution in [0.15, 0.2) is 18.5 Å². The fraction of sp³-hybridized carbons (Fsp3) is 0.467. The van der Waals surface area contributed by atoms with Gasteiger partial charge in [0.1, 0.15) is 5.01 Å². The Labute approximate surface area is 124 Å². The van der Waals surface area contributed by atoms with Gasteiger partial charge >= 0.3 is 0 Å². The van der Waals surface area contributed by atoms with Crippen molar-refractivity contribution in [1.29, 1.82) is 0 Å². The van der Waals surface area contributed by atoms with Crippen LogP contribution >= 0.6 is 11.3 Å². The van der Waals surface area contributed by atoms with Gasteiger partial charge in [0.25, 0.3) is 0 Å². The Balaban J connectivity index is 2.31. The zero-order valence-corrected chi connectivity index (χ0v) is 13.3. The van der Waals surface area contributed by atoms with Crippen molar-refractivity contribution in [3.8, 4) is 10.6 Å². The molecule has 0 fully saturated rings. The molecule has 5 heteroatoms. The fourth-order valence-corrected chi connectivity index (χ4v) is 3.00. The molecule has 0 unspecified atom stereocenters. The quantitative estimate of drug-likeness (QED) is 0.888. The molecule has 0 spiro atoms. The number of rotatable bonds is 6. The summed E-state index contributed by atoms with van der Waals surface area (Å²) in [7, 11) is 1.70. The average molecular weight is 291 g/mol. The van der Waals surface area contributed by atoms with Crippen molar-refractivity contribution in [2.24, 2.45) is 0 Å². The largest absolute Gasteiger partial charge is 0.378 e. The van der Waals surface area contributed by atoms with Crippen LogP contribution in [-0.2, 0) is 17.9 Å². The van der Waals surface area contributed by atoms with E-state index >= 15 is 0 Å². The minimum Gasteiger partial charge on any atom is -0.378 e. The standard InChI is InChI=1S/C15H21N3OS/c1-10(2)17-8-14-13(9-19-4)18-15(20-14)12-5-6-16-7-11(12)3/h5-7,10,17H,8-9H2,1-4H3. The molecule has 2 aromatic heterocycles. The van der Waals surface area contributed by atoms with Gasteiger partial charge in [-0.05, 0) is 18.6 Å². The molecule has 2 heterocycles. The van der Waals surface area contributed by atoms with Crippen LogP contribution in [0.1, 0.15) is 30.0 Å². The molecular formula is C15H21N3OS. The number of hydrogen-bond donors (Lipinski definition) is 1. The van der Waals surface area contributed by atoms with E-state index < -0.39 is 0 Å². The fourth-order valence-electron chi connectivity index (χ4n) is 1.90. The Bertz CT molecular complexity index is 566. The number of aromatic nitrogens is 2. The molecule has 2 aromatic rings. The molecule has 20 heavy (non-hydrogen) atoms. The van der Waals surface area contributed by atoms with Crippen LogP contribution in [0.2, 0.25) is 0 Å². The van der Waals surface area contributed by atoms with E-state index in [1.165, 1.54) is 4.88 Å². The summed E-state index contributed by atoms with van der Waals surface area (Å²) in [6, 6.07) is 2.48. The third-order valence-corrected chi connectivity index (χ3v) is 4.11. The SMILES string of the molecule is COCc1nc(-c2ccncc2C)sc1CNC(C)C. The van der Waals surface area contributed by atoms with Gasteiger partial charge in [0.15, 0.2) is 0 Å². The lowest BCUT2D eigenvalue weighted by Gasteiger charge is -2.07. The lowest BCUT2D eigenvalue weighted by molar-refractivity contribution is 0.181. The van der Waals surface area contributed by atoms with Crippen molar-refractivity contribution >= 4 is 11.3 Å². The number of nitrogens with zero attached hydrogens (tertiary/aromatic N) is 2. The maximum atomic E-state index is 5.26. The van der Waals surface area contributed by atoms with Crippen molar-refractivity contribution in [2.75, 3.05) is 7.11 Å². The van der Waals surface area contributed by atoms with Crippen LogP contribution < -0.4 is 5.32 Å². The van der Waals surface area contributed by atoms with Crippen LogP contribution in [0.3, 0.4) is 0 Å². The van der Waals surface area contributed by atoms with Gasteiger partial charge in [-0.3, -0.25) is 4.98 Å². The molecule has 0 aliphatic carbocycles. The van der Waals surface area contributed by atoms with E-state index in [-0.39, 0.29) is 0 Å². The van der Waals surface area contributed by atoms with Gasteiger partial charge in [0.2, 0.25) is 0 Å². The number of methoxy groups -OCH3 is 1. The minimum atomic E-state index is 0.457. The zero-order valence-electron chi connectivity index (χ0n) is 12.4. The lowest BCUT2D eigenvalue weighted by Crippen LogP contribution is -2.21. The van der Waals surface area contributed by atoms with Gasteiger partial charge in [-0.25, -0.2) is 4.98 Å². The maximum Gasteiger partial charge on any atom is 0.124 e. The number of pyridine rings is 1. The van der Waals surface area contributed by atoms with Gasteiger partial charge < -0.3 is 10.1 Å². The highest BCUT2D eigenvalue weighted by Crippen LogP contribution is 2.30. The van der Waals surface area contributed by atoms with Crippen LogP contribution in [0.4, 0.5) is 0 Å². The zero-order chi connectivity index (χ0) is 14.5. The molecule has 0 aliphatic heterocycles. The number of ether oxygens (including phenoxy) is 1. The first-order valence-electron chi connectivity index (χ1n) is 6.73. The van der Waals surface area contributed by atoms with Crippen molar-refractivity contribution < 1.29 is 4.74 Å². The van der Waals surface area contributed by atoms with Gasteiger partial charge in [0.05, 0.1) is 12.3 Å². The van der Waals surface area contributed by atoms with E-state index in [2.05, 4.69) is 31.1 Å². The van der Waals surface area contributed by atoms with E-state index in [1.807, 2.05) is 18.5 Å². The van der Waals surface area contributed by atoms with E-state index in [1.54, 1.807) is 18.4 Å². The minimum absolute atomic E-state index is 0.457. The summed E-state index contributed by atoms with van der Waals surface area (Å²) < 4.78 is 5.26. The highest BCUT2D eigenvalue weighted by molar-refractivity contribution is 7.15. The van der Waals surface area contributed by atoms with Crippen LogP contribution in [0.5, 0.6) is 0 Å². The number of nitrogens with one attached hydrogen (secondary N) is 1. The summed E-state index contributed by atoms with van der Waals surface area (Å²) in [6.45, 7) is 7.73. The Morgan fingerprint density at radius 1 is 1.40 bits per heavy atom. The summed E-state index contributed by atoms with van der Waals surface area (Å²) in [4.78, 5) is 10.1. The summed E-state index contributed by atoms with van der Waals surface area (Å²) in [6.07, 6.45) is 3.69. The van der Waals surface area contributed by atoms with Crippen LogP contribution in [-0.4, -0.2) is 23.1 Å². The van der Waals surface area contributed by atoms with E-state index in [4.69, 9.17) is 9.72 Å². The Kier molecular flexibility index (Phi) is 5.23. The van der Waals surface area contributed by atoms with Gasteiger partial charge in [-0.2, -0.15) is 0 Å². The Morgan fingerprint density at radius 3 is 2.85 bits per heavy atom. The summed E-state index contributed by atoms with van der Waals surface area (Å²) in [5.74, 6) is 0. The molecule has 2 rings (SSSR count). The molecule has 0 atom stereocenters. The van der Waals surface area contributed by atoms with Crippen molar-refractivity contribution in [2.45, 2.75) is 40.0 Å². The molecule has 0 aromatic carbocycles. The Morgan fingerprint density at radius 2 is 2.20 bits per heavy atom. The maximum absolute atomic E-state index is 5.26. The number of hydrogen-bond acceptors (Lipinski definition) is 5. The van der Waals surface area contributed by atoms with Gasteiger partial charge in [0, 0.05) is 42.5 Å². The first-order chi connectivity index (χ1) is 9.61. The van der Waals surface area contributed by atoms with E-state index in [0.29, 0.717) is 12.6 Å². The molecule has 1 N–H and O–H groups in total. The lowest BCUT2D eigenvalue weighted by atomic mass is 10.2. The third-order valence-electron chi connectivity index (χ3n) is 2.98. The monoisotopic (exact) mass is 291 g/mol. The van der Waals surface area contributed by atoms with Crippen molar-refractivity contribution in [3.63, 3.8) is 0 Å². The average Bonchev–Trinajstić information content (AvgIpc) is 2.80. The summed E-state index contributed by atoms with van der Waals surface area (Å²) >= 11 is 1.73. The molecule has 0 aliphatic rings. The Hall–Kier alpha value is -1.30. The number of aryl methyl sites for hydroxylation is 1. The molecular weight excluding hydrogens is 270 g/mol. The molecule has 0 saturated heterocycles. The highest BCUT2D eigenvalue weighted by Gasteiger charge is 2.14. The second-order valence-electron chi connectivity index (χ2n) is 5.05. The second kappa shape index (κ2) is 6.92. The summed E-state index contributed by atoms with van der Waals surface area (Å²) in [5, 5.41) is 4.48. The molecule has 0 radical (unpaired) electrons. The molecule has 0 bridgehead atoms. The smallest absolute Gasteiger partial charge is 0.124 e. The highest BCUT2D eigenvalue weighted by atomic mass is 32.1. The molecule has 4 nitrogen and oxygen atoms in total. The molecule has 0 amide bonds. The third kappa shape index (κ3) is 3.62. The van der Waals surface area contributed by atoms with E-state index in [9.17, 15) is 0 Å². The predicted octanol–water partition coefficient (Wildman–Crippen LogP) is 3.16. The summed E-state index contributed by atoms with van der Waals surface area (Å²) in [5.41, 5.74) is 3.32. The molecule has 0 saturated carbocycles. The topological polar surface area (TPSA) is 47.0 Å². The second-order valence-corrected chi connectivity index (χ2v) is 6.13. The van der Waals surface area contributed by atoms with Gasteiger partial charge in [-0.15, -0.1) is 11.3 Å². The van der Waals surface area contributed by atoms with Crippen LogP contribution in [0, 0.1) is 6.92 Å².